The Kier molecular flexibility index (Phi) is 8.82. The van der Waals surface area contributed by atoms with Gasteiger partial charge in [-0.2, -0.15) is 0 Å². The summed E-state index contributed by atoms with van der Waals surface area (Å²) in [6.07, 6.45) is 1.52. The Balaban J connectivity index is 1.77. The first kappa shape index (κ1) is 28.1. The fraction of sp³-hybridized carbons (Fsp3) is 0.321. The van der Waals surface area contributed by atoms with Gasteiger partial charge >= 0.3 is 5.69 Å². The van der Waals surface area contributed by atoms with Crippen molar-refractivity contribution in [2.45, 2.75) is 24.7 Å². The van der Waals surface area contributed by atoms with Crippen molar-refractivity contribution in [3.63, 3.8) is 0 Å². The second kappa shape index (κ2) is 12.3. The van der Waals surface area contributed by atoms with Gasteiger partial charge in [0.2, 0.25) is 0 Å². The smallest absolute Gasteiger partial charge is 0.328 e. The minimum atomic E-state index is -3.94. The van der Waals surface area contributed by atoms with E-state index in [9.17, 15) is 13.2 Å². The van der Waals surface area contributed by atoms with Gasteiger partial charge in [-0.1, -0.05) is 25.1 Å². The number of fused-ring (bicyclic) bond motifs is 1. The molecule has 0 amide bonds. The highest BCUT2D eigenvalue weighted by Crippen LogP contribution is 2.37. The molecule has 1 aromatic heterocycles. The summed E-state index contributed by atoms with van der Waals surface area (Å²) in [6.45, 7) is 3.51. The zero-order chi connectivity index (χ0) is 28.0. The van der Waals surface area contributed by atoms with Gasteiger partial charge in [-0.15, -0.1) is 0 Å². The first-order valence-corrected chi connectivity index (χ1v) is 14.1. The van der Waals surface area contributed by atoms with Gasteiger partial charge in [-0.25, -0.2) is 13.2 Å². The topological polar surface area (TPSA) is 110 Å². The van der Waals surface area contributed by atoms with Gasteiger partial charge in [-0.3, -0.25) is 13.9 Å². The lowest BCUT2D eigenvalue weighted by atomic mass is 10.2. The molecule has 208 valence electrons. The number of rotatable bonds is 13. The van der Waals surface area contributed by atoms with Crippen molar-refractivity contribution in [1.82, 2.24) is 9.13 Å². The van der Waals surface area contributed by atoms with E-state index in [0.717, 1.165) is 6.42 Å². The lowest BCUT2D eigenvalue weighted by molar-refractivity contribution is 0.172. The van der Waals surface area contributed by atoms with Crippen LogP contribution in [0.5, 0.6) is 23.0 Å². The van der Waals surface area contributed by atoms with E-state index in [2.05, 4.69) is 4.72 Å². The molecule has 39 heavy (non-hydrogen) atoms. The van der Waals surface area contributed by atoms with E-state index in [1.807, 2.05) is 6.92 Å². The zero-order valence-electron chi connectivity index (χ0n) is 22.5. The predicted molar refractivity (Wildman–Crippen MR) is 150 cm³/mol. The average molecular weight is 556 g/mol. The van der Waals surface area contributed by atoms with E-state index < -0.39 is 10.0 Å². The molecule has 0 saturated carbocycles. The van der Waals surface area contributed by atoms with E-state index >= 15 is 0 Å². The molecule has 0 radical (unpaired) electrons. The maximum Gasteiger partial charge on any atom is 0.328 e. The summed E-state index contributed by atoms with van der Waals surface area (Å²) in [6, 6.07) is 16.4. The van der Waals surface area contributed by atoms with Gasteiger partial charge in [-0.05, 0) is 24.6 Å². The molecule has 0 fully saturated rings. The van der Waals surface area contributed by atoms with Gasteiger partial charge in [0, 0.05) is 58.5 Å². The molecule has 0 aliphatic carbocycles. The Morgan fingerprint density at radius 3 is 2.08 bits per heavy atom. The summed E-state index contributed by atoms with van der Waals surface area (Å²) in [4.78, 5) is 12.7. The van der Waals surface area contributed by atoms with E-state index in [4.69, 9.17) is 18.9 Å². The molecule has 4 rings (SSSR count). The molecule has 10 nitrogen and oxygen atoms in total. The number of methoxy groups -OCH3 is 1. The van der Waals surface area contributed by atoms with E-state index in [1.165, 1.54) is 21.3 Å². The third-order valence-electron chi connectivity index (χ3n) is 5.99. The number of aromatic nitrogens is 2. The van der Waals surface area contributed by atoms with E-state index in [0.29, 0.717) is 54.5 Å². The first-order chi connectivity index (χ1) is 18.7. The number of ether oxygens (including phenoxy) is 4. The number of aryl methyl sites for hydroxylation is 2. The van der Waals surface area contributed by atoms with Crippen molar-refractivity contribution in [3.8, 4) is 23.0 Å². The van der Waals surface area contributed by atoms with Crippen LogP contribution >= 0.6 is 0 Å². The molecule has 0 bridgehead atoms. The maximum absolute atomic E-state index is 13.2. The molecule has 1 heterocycles. The highest BCUT2D eigenvalue weighted by molar-refractivity contribution is 7.92. The molecule has 0 unspecified atom stereocenters. The number of hydrogen-bond donors (Lipinski definition) is 1. The van der Waals surface area contributed by atoms with Crippen LogP contribution in [0.4, 0.5) is 5.69 Å². The molecule has 11 heteroatoms. The maximum atomic E-state index is 13.2. The van der Waals surface area contributed by atoms with Crippen LogP contribution in [0.15, 0.2) is 70.4 Å². The fourth-order valence-corrected chi connectivity index (χ4v) is 5.09. The minimum absolute atomic E-state index is 0.0969. The molecule has 3 aromatic carbocycles. The first-order valence-electron chi connectivity index (χ1n) is 12.6. The standard InChI is InChI=1S/C28H33N3O7S/c1-5-12-36-20-15-21(37-14-9-13-35-4)17-22(16-20)38-27-19-26-25(30(2)28(32)31(26)3)18-24(27)29-39(33,34)23-10-7-6-8-11-23/h6-8,10-11,15-19,29H,5,9,12-14H2,1-4H3. The highest BCUT2D eigenvalue weighted by atomic mass is 32.2. The third-order valence-corrected chi connectivity index (χ3v) is 7.37. The molecular formula is C28H33N3O7S. The van der Waals surface area contributed by atoms with Crippen molar-refractivity contribution >= 4 is 26.7 Å². The van der Waals surface area contributed by atoms with Gasteiger partial charge in [0.15, 0.2) is 5.75 Å². The highest BCUT2D eigenvalue weighted by Gasteiger charge is 2.20. The fourth-order valence-electron chi connectivity index (χ4n) is 4.00. The second-order valence-corrected chi connectivity index (χ2v) is 10.6. The Hall–Kier alpha value is -3.96. The quantitative estimate of drug-likeness (QED) is 0.239. The Morgan fingerprint density at radius 2 is 1.44 bits per heavy atom. The number of sulfonamides is 1. The summed E-state index contributed by atoms with van der Waals surface area (Å²) in [5, 5.41) is 0. The largest absolute Gasteiger partial charge is 0.493 e. The Labute approximate surface area is 227 Å². The van der Waals surface area contributed by atoms with Crippen LogP contribution in [-0.2, 0) is 28.9 Å². The normalized spacial score (nSPS) is 11.5. The number of benzene rings is 3. The van der Waals surface area contributed by atoms with Crippen molar-refractivity contribution in [2.24, 2.45) is 14.1 Å². The molecule has 4 aromatic rings. The number of nitrogens with zero attached hydrogens (tertiary/aromatic N) is 2. The van der Waals surface area contributed by atoms with Crippen molar-refractivity contribution in [1.29, 1.82) is 0 Å². The van der Waals surface area contributed by atoms with Gasteiger partial charge in [0.25, 0.3) is 10.0 Å². The Bertz CT molecular complexity index is 1600. The molecule has 0 aliphatic heterocycles. The summed E-state index contributed by atoms with van der Waals surface area (Å²) in [5.41, 5.74) is 1.05. The average Bonchev–Trinajstić information content (AvgIpc) is 3.13. The molecule has 0 saturated heterocycles. The molecule has 0 spiro atoms. The molecule has 1 N–H and O–H groups in total. The van der Waals surface area contributed by atoms with Gasteiger partial charge < -0.3 is 18.9 Å². The summed E-state index contributed by atoms with van der Waals surface area (Å²) >= 11 is 0. The summed E-state index contributed by atoms with van der Waals surface area (Å²) < 4.78 is 55.0. The molecular weight excluding hydrogens is 522 g/mol. The lowest BCUT2D eigenvalue weighted by Crippen LogP contribution is -2.19. The van der Waals surface area contributed by atoms with Gasteiger partial charge in [0.1, 0.15) is 17.2 Å². The van der Waals surface area contributed by atoms with Crippen LogP contribution in [-0.4, -0.2) is 44.5 Å². The Morgan fingerprint density at radius 1 is 0.821 bits per heavy atom. The van der Waals surface area contributed by atoms with E-state index in [1.54, 1.807) is 69.7 Å². The molecule has 0 atom stereocenters. The number of imidazole rings is 1. The number of nitrogens with one attached hydrogen (secondary N) is 1. The second-order valence-electron chi connectivity index (χ2n) is 8.94. The summed E-state index contributed by atoms with van der Waals surface area (Å²) in [5.74, 6) is 1.68. The van der Waals surface area contributed by atoms with Crippen LogP contribution < -0.4 is 24.6 Å². The lowest BCUT2D eigenvalue weighted by Gasteiger charge is -2.16. The van der Waals surface area contributed by atoms with Gasteiger partial charge in [0.05, 0.1) is 34.8 Å². The third kappa shape index (κ3) is 6.55. The van der Waals surface area contributed by atoms with Crippen molar-refractivity contribution in [3.05, 3.63) is 71.1 Å². The van der Waals surface area contributed by atoms with Crippen LogP contribution in [0.3, 0.4) is 0 Å². The zero-order valence-corrected chi connectivity index (χ0v) is 23.3. The monoisotopic (exact) mass is 555 g/mol. The predicted octanol–water partition coefficient (Wildman–Crippen LogP) is 4.67. The molecule has 0 aliphatic rings. The minimum Gasteiger partial charge on any atom is -0.493 e. The van der Waals surface area contributed by atoms with Crippen LogP contribution in [0.1, 0.15) is 19.8 Å². The van der Waals surface area contributed by atoms with E-state index in [-0.39, 0.29) is 22.0 Å². The number of hydrogen-bond acceptors (Lipinski definition) is 7. The summed E-state index contributed by atoms with van der Waals surface area (Å²) in [7, 11) is 0.963. The van der Waals surface area contributed by atoms with Crippen molar-refractivity contribution < 1.29 is 27.4 Å². The van der Waals surface area contributed by atoms with Crippen molar-refractivity contribution in [2.75, 3.05) is 31.7 Å². The number of anilines is 1. The SMILES string of the molecule is CCCOc1cc(OCCCOC)cc(Oc2cc3c(cc2NS(=O)(=O)c2ccccc2)n(C)c(=O)n3C)c1. The van der Waals surface area contributed by atoms with Crippen LogP contribution in [0, 0.1) is 0 Å². The van der Waals surface area contributed by atoms with Crippen LogP contribution in [0.25, 0.3) is 11.0 Å². The van der Waals surface area contributed by atoms with Crippen LogP contribution in [0.2, 0.25) is 0 Å².